The molecule has 1 atom stereocenters. The lowest BCUT2D eigenvalue weighted by atomic mass is 10.1. The van der Waals surface area contributed by atoms with Gasteiger partial charge in [-0.1, -0.05) is 17.7 Å². The Balaban J connectivity index is 1.89. The van der Waals surface area contributed by atoms with Gasteiger partial charge in [0.15, 0.2) is 5.78 Å². The summed E-state index contributed by atoms with van der Waals surface area (Å²) in [4.78, 5) is 20.1. The van der Waals surface area contributed by atoms with E-state index in [1.54, 1.807) is 12.3 Å². The van der Waals surface area contributed by atoms with E-state index < -0.39 is 0 Å². The topological polar surface area (TPSA) is 60.2 Å². The summed E-state index contributed by atoms with van der Waals surface area (Å²) >= 11 is 5.77. The predicted octanol–water partition coefficient (Wildman–Crippen LogP) is 1.56. The molecule has 3 rings (SSSR count). The highest BCUT2D eigenvalue weighted by Gasteiger charge is 2.42. The first kappa shape index (κ1) is 12.9. The maximum atomic E-state index is 12.0. The normalized spacial score (nSPS) is 21.4. The average molecular weight is 289 g/mol. The van der Waals surface area contributed by atoms with E-state index in [0.717, 1.165) is 24.5 Å². The first-order valence-corrected chi connectivity index (χ1v) is 6.80. The molecule has 0 bridgehead atoms. The number of ketones is 1. The average Bonchev–Trinajstić information content (AvgIpc) is 2.94. The van der Waals surface area contributed by atoms with Gasteiger partial charge in [-0.05, 0) is 18.6 Å². The summed E-state index contributed by atoms with van der Waals surface area (Å²) < 4.78 is 0. The second-order valence-electron chi connectivity index (χ2n) is 4.95. The minimum Gasteiger partial charge on any atom is -0.351 e. The van der Waals surface area contributed by atoms with Gasteiger partial charge in [-0.2, -0.15) is 5.26 Å². The fourth-order valence-corrected chi connectivity index (χ4v) is 2.85. The van der Waals surface area contributed by atoms with E-state index in [1.165, 1.54) is 0 Å². The number of carbonyl (C=O) groups is 1. The number of carbonyl (C=O) groups excluding carboxylic acids is 1. The lowest BCUT2D eigenvalue weighted by Crippen LogP contribution is -2.29. The van der Waals surface area contributed by atoms with Crippen molar-refractivity contribution >= 4 is 17.4 Å². The zero-order valence-corrected chi connectivity index (χ0v) is 11.8. The highest BCUT2D eigenvalue weighted by molar-refractivity contribution is 6.29. The zero-order valence-electron chi connectivity index (χ0n) is 11.0. The van der Waals surface area contributed by atoms with Gasteiger partial charge in [-0.3, -0.25) is 4.79 Å². The van der Waals surface area contributed by atoms with Crippen LogP contribution in [0, 0.1) is 11.3 Å². The number of rotatable bonds is 2. The van der Waals surface area contributed by atoms with Crippen molar-refractivity contribution in [3.63, 3.8) is 0 Å². The van der Waals surface area contributed by atoms with Gasteiger partial charge in [-0.15, -0.1) is 0 Å². The molecule has 1 saturated heterocycles. The Kier molecular flexibility index (Phi) is 3.11. The summed E-state index contributed by atoms with van der Waals surface area (Å²) in [5.74, 6) is 0.682. The molecule has 6 heteroatoms. The highest BCUT2D eigenvalue weighted by Crippen LogP contribution is 2.33. The van der Waals surface area contributed by atoms with Crippen molar-refractivity contribution in [1.29, 1.82) is 5.26 Å². The van der Waals surface area contributed by atoms with Gasteiger partial charge in [0.2, 0.25) is 0 Å². The smallest absolute Gasteiger partial charge is 0.199 e. The number of nitriles is 1. The Morgan fingerprint density at radius 2 is 2.30 bits per heavy atom. The molecule has 2 aliphatic rings. The van der Waals surface area contributed by atoms with Gasteiger partial charge >= 0.3 is 0 Å². The highest BCUT2D eigenvalue weighted by atomic mass is 35.5. The maximum Gasteiger partial charge on any atom is 0.199 e. The van der Waals surface area contributed by atoms with Crippen LogP contribution in [0.2, 0.25) is 5.15 Å². The number of halogens is 1. The molecule has 1 fully saturated rings. The molecule has 0 amide bonds. The van der Waals surface area contributed by atoms with E-state index in [4.69, 9.17) is 11.6 Å². The van der Waals surface area contributed by atoms with Crippen molar-refractivity contribution in [2.75, 3.05) is 13.1 Å². The van der Waals surface area contributed by atoms with Gasteiger partial charge in [0.1, 0.15) is 22.6 Å². The third-order valence-electron chi connectivity index (χ3n) is 3.77. The third-order valence-corrected chi connectivity index (χ3v) is 4.00. The van der Waals surface area contributed by atoms with E-state index in [0.29, 0.717) is 11.7 Å². The van der Waals surface area contributed by atoms with Crippen molar-refractivity contribution < 1.29 is 4.79 Å². The van der Waals surface area contributed by atoms with E-state index in [2.05, 4.69) is 16.0 Å². The molecule has 0 N–H and O–H groups in total. The number of nitrogens with zero attached hydrogens (tertiary/aromatic N) is 4. The van der Waals surface area contributed by atoms with Crippen molar-refractivity contribution in [2.45, 2.75) is 19.5 Å². The van der Waals surface area contributed by atoms with Crippen molar-refractivity contribution in [3.8, 4) is 6.07 Å². The first-order valence-electron chi connectivity index (χ1n) is 6.42. The minimum absolute atomic E-state index is 0.0820. The summed E-state index contributed by atoms with van der Waals surface area (Å²) in [7, 11) is 0. The first-order chi connectivity index (χ1) is 9.61. The molecule has 20 heavy (non-hydrogen) atoms. The number of pyridine rings is 1. The summed E-state index contributed by atoms with van der Waals surface area (Å²) in [5, 5.41) is 9.67. The molecule has 3 heterocycles. The number of hydrogen-bond donors (Lipinski definition) is 0. The molecule has 0 spiro atoms. The Morgan fingerprint density at radius 3 is 2.95 bits per heavy atom. The quantitative estimate of drug-likeness (QED) is 0.773. The Bertz CT molecular complexity index is 632. The van der Waals surface area contributed by atoms with E-state index in [9.17, 15) is 10.1 Å². The molecule has 0 aliphatic carbocycles. The largest absolute Gasteiger partial charge is 0.351 e. The van der Waals surface area contributed by atoms with E-state index >= 15 is 0 Å². The van der Waals surface area contributed by atoms with Crippen LogP contribution in [0.4, 0.5) is 0 Å². The van der Waals surface area contributed by atoms with Crippen LogP contribution >= 0.6 is 11.6 Å². The molecule has 1 aromatic heterocycles. The molecule has 102 valence electrons. The third kappa shape index (κ3) is 1.93. The lowest BCUT2D eigenvalue weighted by Gasteiger charge is -2.22. The van der Waals surface area contributed by atoms with Crippen LogP contribution in [0.25, 0.3) is 0 Å². The molecular formula is C14H13ClN4O. The molecule has 5 nitrogen and oxygen atoms in total. The maximum absolute atomic E-state index is 12.0. The number of Topliss-reactive ketones (excluding diaryl/α,β-unsaturated/α-hetero) is 1. The van der Waals surface area contributed by atoms with Gasteiger partial charge in [0, 0.05) is 25.8 Å². The molecule has 1 unspecified atom stereocenters. The van der Waals surface area contributed by atoms with Gasteiger partial charge in [-0.25, -0.2) is 4.98 Å². The molecule has 0 saturated carbocycles. The van der Waals surface area contributed by atoms with Crippen molar-refractivity contribution in [2.24, 2.45) is 0 Å². The van der Waals surface area contributed by atoms with Crippen LogP contribution in [-0.4, -0.2) is 39.7 Å². The molecule has 0 aromatic carbocycles. The molecule has 2 aliphatic heterocycles. The summed E-state index contributed by atoms with van der Waals surface area (Å²) in [6.07, 6.45) is 1.72. The monoisotopic (exact) mass is 288 g/mol. The van der Waals surface area contributed by atoms with E-state index in [1.807, 2.05) is 17.9 Å². The number of aromatic nitrogens is 1. The summed E-state index contributed by atoms with van der Waals surface area (Å²) in [5.41, 5.74) is 1.28. The molecule has 1 aromatic rings. The minimum atomic E-state index is -0.229. The standard InChI is InChI=1S/C14H13ClN4O/c1-9-13(20)11(6-16)14-18(4-5-19(9)14)8-10-2-3-12(15)17-7-10/h2-3,7,9H,4-5,8H2,1H3. The van der Waals surface area contributed by atoms with Crippen LogP contribution in [0.5, 0.6) is 0 Å². The molecular weight excluding hydrogens is 276 g/mol. The van der Waals surface area contributed by atoms with Crippen LogP contribution < -0.4 is 0 Å². The van der Waals surface area contributed by atoms with Gasteiger partial charge < -0.3 is 9.80 Å². The van der Waals surface area contributed by atoms with Crippen LogP contribution in [-0.2, 0) is 11.3 Å². The fraction of sp³-hybridized carbons (Fsp3) is 0.357. The van der Waals surface area contributed by atoms with Crippen LogP contribution in [0.3, 0.4) is 0 Å². The van der Waals surface area contributed by atoms with Gasteiger partial charge in [0.25, 0.3) is 0 Å². The summed E-state index contributed by atoms with van der Waals surface area (Å²) in [6.45, 7) is 4.05. The number of hydrogen-bond acceptors (Lipinski definition) is 5. The fourth-order valence-electron chi connectivity index (χ4n) is 2.74. The molecule has 0 radical (unpaired) electrons. The van der Waals surface area contributed by atoms with Gasteiger partial charge in [0.05, 0.1) is 6.04 Å². The SMILES string of the molecule is CC1C(=O)C(C#N)=C2N(Cc3ccc(Cl)nc3)CCN21. The summed E-state index contributed by atoms with van der Waals surface area (Å²) in [6, 6.07) is 5.47. The second-order valence-corrected chi connectivity index (χ2v) is 5.34. The predicted molar refractivity (Wildman–Crippen MR) is 73.5 cm³/mol. The Labute approximate surface area is 122 Å². The Morgan fingerprint density at radius 1 is 1.50 bits per heavy atom. The van der Waals surface area contributed by atoms with Crippen LogP contribution in [0.1, 0.15) is 12.5 Å². The van der Waals surface area contributed by atoms with Crippen molar-refractivity contribution in [1.82, 2.24) is 14.8 Å². The second kappa shape index (κ2) is 4.80. The van der Waals surface area contributed by atoms with Crippen LogP contribution in [0.15, 0.2) is 29.7 Å². The zero-order chi connectivity index (χ0) is 14.3. The lowest BCUT2D eigenvalue weighted by molar-refractivity contribution is -0.117. The van der Waals surface area contributed by atoms with Crippen molar-refractivity contribution in [3.05, 3.63) is 40.4 Å². The number of fused-ring (bicyclic) bond motifs is 1. The Hall–Kier alpha value is -2.06. The van der Waals surface area contributed by atoms with E-state index in [-0.39, 0.29) is 17.4 Å².